The Morgan fingerprint density at radius 2 is 1.79 bits per heavy atom. The molecule has 33 heavy (non-hydrogen) atoms. The van der Waals surface area contributed by atoms with Gasteiger partial charge in [0.15, 0.2) is 0 Å². The number of imide groups is 1. The van der Waals surface area contributed by atoms with Crippen LogP contribution in [-0.2, 0) is 16.1 Å². The van der Waals surface area contributed by atoms with Crippen molar-refractivity contribution in [2.24, 2.45) is 0 Å². The van der Waals surface area contributed by atoms with E-state index < -0.39 is 18.0 Å². The summed E-state index contributed by atoms with van der Waals surface area (Å²) in [6.45, 7) is 2.61. The van der Waals surface area contributed by atoms with Crippen LogP contribution in [0.4, 0.5) is 16.2 Å². The van der Waals surface area contributed by atoms with Gasteiger partial charge in [-0.2, -0.15) is 0 Å². The summed E-state index contributed by atoms with van der Waals surface area (Å²) in [5, 5.41) is 2.80. The lowest BCUT2D eigenvalue weighted by atomic mass is 10.1. The Morgan fingerprint density at radius 1 is 1.03 bits per heavy atom. The van der Waals surface area contributed by atoms with E-state index in [2.05, 4.69) is 10.3 Å². The normalized spacial score (nSPS) is 15.6. The number of nitrogens with zero attached hydrogens (tertiary/aromatic N) is 3. The maximum Gasteiger partial charge on any atom is 0.332 e. The van der Waals surface area contributed by atoms with Crippen molar-refractivity contribution in [3.63, 3.8) is 0 Å². The first-order valence-electron chi connectivity index (χ1n) is 10.7. The summed E-state index contributed by atoms with van der Waals surface area (Å²) >= 11 is 0. The Morgan fingerprint density at radius 3 is 2.45 bits per heavy atom. The molecule has 0 spiro atoms. The maximum absolute atomic E-state index is 13.3. The average molecular weight is 444 g/mol. The smallest absolute Gasteiger partial charge is 0.332 e. The summed E-state index contributed by atoms with van der Waals surface area (Å²) in [5.74, 6) is -0.0958. The second-order valence-corrected chi connectivity index (χ2v) is 7.51. The van der Waals surface area contributed by atoms with E-state index in [4.69, 9.17) is 4.74 Å². The number of hydrogen-bond donors (Lipinski definition) is 1. The first-order valence-corrected chi connectivity index (χ1v) is 10.7. The molecule has 1 N–H and O–H groups in total. The van der Waals surface area contributed by atoms with Crippen molar-refractivity contribution in [3.05, 3.63) is 84.7 Å². The first kappa shape index (κ1) is 22.0. The number of carbonyl (C=O) groups is 3. The molecule has 0 saturated carbocycles. The minimum atomic E-state index is -0.930. The summed E-state index contributed by atoms with van der Waals surface area (Å²) in [5.41, 5.74) is 1.82. The molecule has 1 saturated heterocycles. The number of para-hydroxylation sites is 1. The maximum atomic E-state index is 13.3. The van der Waals surface area contributed by atoms with Crippen molar-refractivity contribution in [3.8, 4) is 5.75 Å². The standard InChI is InChI=1S/C25H24N4O4/c1-2-33-21-12-10-19(11-13-21)27-23(30)15-22-24(31)29(20-8-4-3-5-9-20)25(32)28(22)17-18-7-6-14-26-16-18/h3-14,16,22H,2,15,17H2,1H3,(H,27,30). The first-order chi connectivity index (χ1) is 16.1. The Kier molecular flexibility index (Phi) is 6.64. The molecule has 4 rings (SSSR count). The lowest BCUT2D eigenvalue weighted by Crippen LogP contribution is -2.37. The molecule has 1 aromatic heterocycles. The summed E-state index contributed by atoms with van der Waals surface area (Å²) in [6, 6.07) is 17.9. The number of urea groups is 1. The lowest BCUT2D eigenvalue weighted by Gasteiger charge is -2.21. The quantitative estimate of drug-likeness (QED) is 0.533. The van der Waals surface area contributed by atoms with Gasteiger partial charge in [-0.1, -0.05) is 24.3 Å². The SMILES string of the molecule is CCOc1ccc(NC(=O)CC2C(=O)N(c3ccccc3)C(=O)N2Cc2cccnc2)cc1. The number of ether oxygens (including phenoxy) is 1. The Balaban J connectivity index is 1.54. The van der Waals surface area contributed by atoms with E-state index in [-0.39, 0.29) is 18.9 Å². The predicted molar refractivity (Wildman–Crippen MR) is 124 cm³/mol. The third-order valence-electron chi connectivity index (χ3n) is 5.24. The zero-order valence-corrected chi connectivity index (χ0v) is 18.2. The number of nitrogens with one attached hydrogen (secondary N) is 1. The second kappa shape index (κ2) is 9.95. The molecule has 0 aliphatic carbocycles. The van der Waals surface area contributed by atoms with Gasteiger partial charge in [-0.15, -0.1) is 0 Å². The highest BCUT2D eigenvalue weighted by atomic mass is 16.5. The topological polar surface area (TPSA) is 91.8 Å². The molecule has 2 aromatic carbocycles. The fourth-order valence-corrected chi connectivity index (χ4v) is 3.71. The predicted octanol–water partition coefficient (Wildman–Crippen LogP) is 3.85. The van der Waals surface area contributed by atoms with Crippen LogP contribution in [0.25, 0.3) is 0 Å². The summed E-state index contributed by atoms with van der Waals surface area (Å²) < 4.78 is 5.41. The van der Waals surface area contributed by atoms with Crippen LogP contribution in [0.5, 0.6) is 5.75 Å². The van der Waals surface area contributed by atoms with Gasteiger partial charge >= 0.3 is 6.03 Å². The number of amides is 4. The van der Waals surface area contributed by atoms with E-state index in [1.807, 2.05) is 19.1 Å². The Bertz CT molecular complexity index is 1120. The van der Waals surface area contributed by atoms with Crippen LogP contribution in [0.2, 0.25) is 0 Å². The van der Waals surface area contributed by atoms with Crippen LogP contribution in [0.15, 0.2) is 79.1 Å². The van der Waals surface area contributed by atoms with Gasteiger partial charge in [0.05, 0.1) is 18.7 Å². The van der Waals surface area contributed by atoms with Gasteiger partial charge in [0, 0.05) is 24.6 Å². The second-order valence-electron chi connectivity index (χ2n) is 7.51. The summed E-state index contributed by atoms with van der Waals surface area (Å²) in [4.78, 5) is 46.0. The number of aromatic nitrogens is 1. The van der Waals surface area contributed by atoms with E-state index in [1.54, 1.807) is 67.0 Å². The molecule has 2 heterocycles. The van der Waals surface area contributed by atoms with E-state index in [1.165, 1.54) is 4.90 Å². The van der Waals surface area contributed by atoms with E-state index in [9.17, 15) is 14.4 Å². The van der Waals surface area contributed by atoms with Crippen LogP contribution in [-0.4, -0.2) is 40.4 Å². The van der Waals surface area contributed by atoms with E-state index >= 15 is 0 Å². The van der Waals surface area contributed by atoms with Crippen molar-refractivity contribution in [1.29, 1.82) is 0 Å². The van der Waals surface area contributed by atoms with Crippen LogP contribution >= 0.6 is 0 Å². The molecule has 1 unspecified atom stereocenters. The molecule has 3 aromatic rings. The number of hydrogen-bond acceptors (Lipinski definition) is 5. The fraction of sp³-hybridized carbons (Fsp3) is 0.200. The molecule has 0 radical (unpaired) electrons. The number of benzene rings is 2. The van der Waals surface area contributed by atoms with E-state index in [0.29, 0.717) is 23.7 Å². The zero-order valence-electron chi connectivity index (χ0n) is 18.2. The molecular weight excluding hydrogens is 420 g/mol. The third kappa shape index (κ3) is 5.01. The van der Waals surface area contributed by atoms with Gasteiger partial charge in [-0.3, -0.25) is 14.6 Å². The highest BCUT2D eigenvalue weighted by molar-refractivity contribution is 6.22. The minimum absolute atomic E-state index is 0.165. The lowest BCUT2D eigenvalue weighted by molar-refractivity contribution is -0.124. The molecule has 8 heteroatoms. The van der Waals surface area contributed by atoms with Gasteiger partial charge in [-0.25, -0.2) is 9.69 Å². The van der Waals surface area contributed by atoms with Crippen LogP contribution in [0, 0.1) is 0 Å². The van der Waals surface area contributed by atoms with Crippen molar-refractivity contribution in [2.45, 2.75) is 25.9 Å². The molecule has 1 fully saturated rings. The molecule has 1 aliphatic rings. The average Bonchev–Trinajstić information content (AvgIpc) is 3.05. The summed E-state index contributed by atoms with van der Waals surface area (Å²) in [6.07, 6.45) is 3.11. The minimum Gasteiger partial charge on any atom is -0.494 e. The monoisotopic (exact) mass is 444 g/mol. The Labute approximate surface area is 191 Å². The van der Waals surface area contributed by atoms with Crippen LogP contribution in [0.1, 0.15) is 18.9 Å². The van der Waals surface area contributed by atoms with Crippen LogP contribution < -0.4 is 15.0 Å². The van der Waals surface area contributed by atoms with E-state index in [0.717, 1.165) is 10.5 Å². The molecule has 1 atom stereocenters. The highest BCUT2D eigenvalue weighted by Gasteiger charge is 2.46. The van der Waals surface area contributed by atoms with Gasteiger partial charge < -0.3 is 15.0 Å². The number of rotatable bonds is 8. The number of pyridine rings is 1. The number of carbonyl (C=O) groups excluding carboxylic acids is 3. The molecule has 0 bridgehead atoms. The Hall–Kier alpha value is -4.20. The van der Waals surface area contributed by atoms with Gasteiger partial charge in [-0.05, 0) is 55.0 Å². The molecule has 4 amide bonds. The highest BCUT2D eigenvalue weighted by Crippen LogP contribution is 2.28. The van der Waals surface area contributed by atoms with Gasteiger partial charge in [0.1, 0.15) is 11.8 Å². The summed E-state index contributed by atoms with van der Waals surface area (Å²) in [7, 11) is 0. The molecule has 1 aliphatic heterocycles. The van der Waals surface area contributed by atoms with Crippen molar-refractivity contribution in [2.75, 3.05) is 16.8 Å². The fourth-order valence-electron chi connectivity index (χ4n) is 3.71. The largest absolute Gasteiger partial charge is 0.494 e. The van der Waals surface area contributed by atoms with Crippen molar-refractivity contribution < 1.29 is 19.1 Å². The van der Waals surface area contributed by atoms with Gasteiger partial charge in [0.25, 0.3) is 5.91 Å². The molecule has 8 nitrogen and oxygen atoms in total. The van der Waals surface area contributed by atoms with Crippen molar-refractivity contribution >= 4 is 29.2 Å². The number of anilines is 2. The molecular formula is C25H24N4O4. The van der Waals surface area contributed by atoms with Crippen LogP contribution in [0.3, 0.4) is 0 Å². The van der Waals surface area contributed by atoms with Crippen molar-refractivity contribution in [1.82, 2.24) is 9.88 Å². The van der Waals surface area contributed by atoms with Gasteiger partial charge in [0.2, 0.25) is 5.91 Å². The molecule has 168 valence electrons. The third-order valence-corrected chi connectivity index (χ3v) is 5.24. The zero-order chi connectivity index (χ0) is 23.2.